The molecule has 6 fully saturated rings. The van der Waals surface area contributed by atoms with Gasteiger partial charge in [-0.15, -0.1) is 0 Å². The molecule has 0 aromatic carbocycles. The van der Waals surface area contributed by atoms with Gasteiger partial charge in [0.25, 0.3) is 0 Å². The number of carbonyl (C=O) groups excluding carboxylic acids is 1. The summed E-state index contributed by atoms with van der Waals surface area (Å²) in [6.45, 7) is 15.0. The Bertz CT molecular complexity index is 1050. The number of aliphatic hydroxyl groups is 3. The summed E-state index contributed by atoms with van der Waals surface area (Å²) in [7, 11) is 3.28. The van der Waals surface area contributed by atoms with Crippen molar-refractivity contribution in [3.63, 3.8) is 0 Å². The fourth-order valence-electron chi connectivity index (χ4n) is 12.4. The van der Waals surface area contributed by atoms with Gasteiger partial charge < -0.3 is 29.7 Å². The van der Waals surface area contributed by atoms with E-state index < -0.39 is 30.0 Å². The van der Waals surface area contributed by atoms with E-state index in [9.17, 15) is 20.1 Å². The molecule has 7 nitrogen and oxygen atoms in total. The fourth-order valence-corrected chi connectivity index (χ4v) is 12.4. The number of amides is 1. The second-order valence-electron chi connectivity index (χ2n) is 16.9. The minimum atomic E-state index is -1.28. The van der Waals surface area contributed by atoms with Gasteiger partial charge in [0.05, 0.1) is 30.0 Å². The van der Waals surface area contributed by atoms with E-state index in [1.165, 1.54) is 17.7 Å². The van der Waals surface area contributed by atoms with E-state index in [1.807, 2.05) is 0 Å². The number of hydrogen-bond donors (Lipinski definition) is 3. The minimum Gasteiger partial charge on any atom is -0.440 e. The molecule has 0 aromatic rings. The van der Waals surface area contributed by atoms with Crippen LogP contribution < -0.4 is 0 Å². The zero-order chi connectivity index (χ0) is 29.4. The third-order valence-electron chi connectivity index (χ3n) is 14.4. The molecule has 5 saturated carbocycles. The standard InChI is InChI=1S/C33H55NO6/c1-18-16-19(26(29(4,5)38)40-27(37)34(8)9)39-24-23(18)30(6)14-15-33-17-32(33)13-12-22(35)28(2,3)20(32)10-11-21(33)31(30,7)25(24)36/h18-26,35-36,38H,10-17H2,1-9H3. The van der Waals surface area contributed by atoms with Crippen LogP contribution in [0.3, 0.4) is 0 Å². The van der Waals surface area contributed by atoms with Crippen LogP contribution in [0.4, 0.5) is 4.79 Å². The first-order valence-electron chi connectivity index (χ1n) is 16.0. The van der Waals surface area contributed by atoms with E-state index in [1.54, 1.807) is 27.9 Å². The maximum atomic E-state index is 12.6. The largest absolute Gasteiger partial charge is 0.440 e. The molecule has 1 amide bonds. The van der Waals surface area contributed by atoms with Crippen molar-refractivity contribution >= 4 is 6.09 Å². The summed E-state index contributed by atoms with van der Waals surface area (Å²) >= 11 is 0. The number of aliphatic hydroxyl groups excluding tert-OH is 2. The van der Waals surface area contributed by atoms with Gasteiger partial charge in [-0.3, -0.25) is 0 Å². The Morgan fingerprint density at radius 3 is 2.25 bits per heavy atom. The summed E-state index contributed by atoms with van der Waals surface area (Å²) in [4.78, 5) is 14.0. The Kier molecular flexibility index (Phi) is 6.28. The lowest BCUT2D eigenvalue weighted by Crippen LogP contribution is -2.59. The molecular formula is C33H55NO6. The van der Waals surface area contributed by atoms with E-state index in [4.69, 9.17) is 9.47 Å². The van der Waals surface area contributed by atoms with Crippen LogP contribution in [-0.4, -0.2) is 76.5 Å². The van der Waals surface area contributed by atoms with Crippen molar-refractivity contribution in [1.82, 2.24) is 4.90 Å². The van der Waals surface area contributed by atoms with Crippen LogP contribution in [0.1, 0.15) is 99.8 Å². The summed E-state index contributed by atoms with van der Waals surface area (Å²) < 4.78 is 12.6. The first kappa shape index (κ1) is 29.2. The summed E-state index contributed by atoms with van der Waals surface area (Å²) in [5.41, 5.74) is -1.11. The molecule has 1 aliphatic heterocycles. The van der Waals surface area contributed by atoms with Gasteiger partial charge in [0.1, 0.15) is 0 Å². The lowest BCUT2D eigenvalue weighted by atomic mass is 9.41. The number of carbonyl (C=O) groups is 1. The van der Waals surface area contributed by atoms with Crippen molar-refractivity contribution < 1.29 is 29.6 Å². The normalized spacial score (nSPS) is 53.2. The highest BCUT2D eigenvalue weighted by atomic mass is 16.6. The highest BCUT2D eigenvalue weighted by molar-refractivity contribution is 5.67. The van der Waals surface area contributed by atoms with Gasteiger partial charge in [-0.05, 0) is 111 Å². The molecule has 0 aromatic heterocycles. The summed E-state index contributed by atoms with van der Waals surface area (Å²) in [6, 6.07) is 0. The van der Waals surface area contributed by atoms with Crippen LogP contribution in [0.15, 0.2) is 0 Å². The Balaban J connectivity index is 1.33. The second kappa shape index (κ2) is 8.60. The molecule has 0 radical (unpaired) electrons. The van der Waals surface area contributed by atoms with Gasteiger partial charge in [-0.1, -0.05) is 34.6 Å². The molecule has 7 heteroatoms. The van der Waals surface area contributed by atoms with Crippen LogP contribution in [0.25, 0.3) is 0 Å². The molecule has 0 bridgehead atoms. The molecule has 1 heterocycles. The van der Waals surface area contributed by atoms with E-state index >= 15 is 0 Å². The summed E-state index contributed by atoms with van der Waals surface area (Å²) in [6.07, 6.45) is 5.50. The van der Waals surface area contributed by atoms with Crippen molar-refractivity contribution in [3.8, 4) is 0 Å². The monoisotopic (exact) mass is 561 g/mol. The summed E-state index contributed by atoms with van der Waals surface area (Å²) in [5, 5.41) is 34.4. The topological polar surface area (TPSA) is 99.5 Å². The fraction of sp³-hybridized carbons (Fsp3) is 0.970. The Morgan fingerprint density at radius 1 is 1.00 bits per heavy atom. The first-order chi connectivity index (χ1) is 18.4. The lowest BCUT2D eigenvalue weighted by molar-refractivity contribution is -0.203. The molecule has 228 valence electrons. The van der Waals surface area contributed by atoms with E-state index in [0.717, 1.165) is 32.1 Å². The van der Waals surface area contributed by atoms with Crippen LogP contribution in [0, 0.1) is 50.7 Å². The molecule has 13 unspecified atom stereocenters. The Labute approximate surface area is 241 Å². The zero-order valence-electron chi connectivity index (χ0n) is 26.4. The van der Waals surface area contributed by atoms with Crippen molar-refractivity contribution in [2.45, 2.75) is 136 Å². The van der Waals surface area contributed by atoms with Gasteiger partial charge in [0.2, 0.25) is 0 Å². The minimum absolute atomic E-state index is 0.0533. The van der Waals surface area contributed by atoms with Gasteiger partial charge in [0, 0.05) is 19.5 Å². The highest BCUT2D eigenvalue weighted by Crippen LogP contribution is 2.89. The van der Waals surface area contributed by atoms with Crippen molar-refractivity contribution in [1.29, 1.82) is 0 Å². The number of fused-ring (bicyclic) bond motifs is 4. The molecule has 13 atom stereocenters. The molecule has 40 heavy (non-hydrogen) atoms. The quantitative estimate of drug-likeness (QED) is 0.449. The SMILES string of the molecule is CC1CC(C(OC(=O)N(C)C)C(C)(C)O)OC2C1C1(C)CCC34CC35CCC(O)C(C)(C)C5CCC4C1(C)C2O. The molecule has 3 N–H and O–H groups in total. The molecule has 1 saturated heterocycles. The van der Waals surface area contributed by atoms with Gasteiger partial charge >= 0.3 is 6.09 Å². The van der Waals surface area contributed by atoms with Crippen molar-refractivity contribution in [2.75, 3.05) is 14.1 Å². The second-order valence-corrected chi connectivity index (χ2v) is 16.9. The highest BCUT2D eigenvalue weighted by Gasteiger charge is 2.84. The van der Waals surface area contributed by atoms with Crippen LogP contribution in [-0.2, 0) is 9.47 Å². The van der Waals surface area contributed by atoms with Crippen LogP contribution >= 0.6 is 0 Å². The number of nitrogens with zero attached hydrogens (tertiary/aromatic N) is 1. The molecule has 6 rings (SSSR count). The Hall–Kier alpha value is -0.890. The maximum Gasteiger partial charge on any atom is 0.409 e. The van der Waals surface area contributed by atoms with Crippen LogP contribution in [0.2, 0.25) is 0 Å². The molecule has 2 spiro atoms. The number of rotatable bonds is 3. The average molecular weight is 562 g/mol. The van der Waals surface area contributed by atoms with Crippen molar-refractivity contribution in [2.24, 2.45) is 50.7 Å². The maximum absolute atomic E-state index is 12.6. The van der Waals surface area contributed by atoms with E-state index in [-0.39, 0.29) is 45.7 Å². The van der Waals surface area contributed by atoms with Gasteiger partial charge in [-0.25, -0.2) is 4.79 Å². The van der Waals surface area contributed by atoms with E-state index in [0.29, 0.717) is 23.7 Å². The number of hydrogen-bond acceptors (Lipinski definition) is 6. The molecule has 6 aliphatic rings. The Morgan fingerprint density at radius 2 is 1.62 bits per heavy atom. The van der Waals surface area contributed by atoms with Gasteiger partial charge in [0.15, 0.2) is 6.10 Å². The predicted molar refractivity (Wildman–Crippen MR) is 152 cm³/mol. The molecular weight excluding hydrogens is 506 g/mol. The lowest BCUT2D eigenvalue weighted by Gasteiger charge is -2.63. The van der Waals surface area contributed by atoms with Gasteiger partial charge in [-0.2, -0.15) is 0 Å². The third-order valence-corrected chi connectivity index (χ3v) is 14.4. The van der Waals surface area contributed by atoms with E-state index in [2.05, 4.69) is 34.6 Å². The third kappa shape index (κ3) is 3.41. The average Bonchev–Trinajstić information content (AvgIpc) is 3.49. The zero-order valence-corrected chi connectivity index (χ0v) is 26.4. The number of ether oxygens (including phenoxy) is 2. The predicted octanol–water partition coefficient (Wildman–Crippen LogP) is 5.00. The summed E-state index contributed by atoms with van der Waals surface area (Å²) in [5.74, 6) is 1.46. The van der Waals surface area contributed by atoms with Crippen molar-refractivity contribution in [3.05, 3.63) is 0 Å². The molecule has 5 aliphatic carbocycles. The first-order valence-corrected chi connectivity index (χ1v) is 16.0. The van der Waals surface area contributed by atoms with Crippen LogP contribution in [0.5, 0.6) is 0 Å². The smallest absolute Gasteiger partial charge is 0.409 e.